The SMILES string of the molecule is CC1C(=O)NC(=O)CN1C(=O)c1cc(F)ccc1[N+](=O)[O-]. The van der Waals surface area contributed by atoms with E-state index in [0.717, 1.165) is 17.0 Å². The van der Waals surface area contributed by atoms with Gasteiger partial charge in [0.1, 0.15) is 24.0 Å². The number of benzene rings is 1. The summed E-state index contributed by atoms with van der Waals surface area (Å²) < 4.78 is 13.2. The Hall–Kier alpha value is -2.84. The quantitative estimate of drug-likeness (QED) is 0.477. The van der Waals surface area contributed by atoms with Crippen LogP contribution in [0.25, 0.3) is 0 Å². The maximum atomic E-state index is 13.2. The van der Waals surface area contributed by atoms with E-state index in [-0.39, 0.29) is 0 Å². The molecule has 1 atom stereocenters. The Morgan fingerprint density at radius 1 is 1.48 bits per heavy atom. The number of carbonyl (C=O) groups excluding carboxylic acids is 3. The van der Waals surface area contributed by atoms with Gasteiger partial charge < -0.3 is 4.90 Å². The fraction of sp³-hybridized carbons (Fsp3) is 0.250. The number of nitro groups is 1. The molecule has 3 amide bonds. The molecule has 2 rings (SSSR count). The van der Waals surface area contributed by atoms with Crippen molar-refractivity contribution in [2.75, 3.05) is 6.54 Å². The van der Waals surface area contributed by atoms with Crippen LogP contribution in [-0.2, 0) is 9.59 Å². The van der Waals surface area contributed by atoms with Crippen LogP contribution >= 0.6 is 0 Å². The topological polar surface area (TPSA) is 110 Å². The molecule has 1 aromatic rings. The van der Waals surface area contributed by atoms with Crippen LogP contribution in [0.15, 0.2) is 18.2 Å². The maximum absolute atomic E-state index is 13.2. The Balaban J connectivity index is 2.44. The van der Waals surface area contributed by atoms with Crippen molar-refractivity contribution in [1.82, 2.24) is 10.2 Å². The van der Waals surface area contributed by atoms with Gasteiger partial charge in [0.15, 0.2) is 0 Å². The number of nitrogens with one attached hydrogen (secondary N) is 1. The van der Waals surface area contributed by atoms with E-state index in [9.17, 15) is 28.9 Å². The summed E-state index contributed by atoms with van der Waals surface area (Å²) >= 11 is 0. The second-order valence-corrected chi connectivity index (χ2v) is 4.44. The number of rotatable bonds is 2. The highest BCUT2D eigenvalue weighted by Gasteiger charge is 2.36. The molecule has 1 heterocycles. The highest BCUT2D eigenvalue weighted by atomic mass is 19.1. The van der Waals surface area contributed by atoms with E-state index < -0.39 is 52.3 Å². The molecular weight excluding hydrogens is 285 g/mol. The Kier molecular flexibility index (Phi) is 3.66. The first-order valence-corrected chi connectivity index (χ1v) is 5.90. The normalized spacial score (nSPS) is 18.4. The zero-order valence-electron chi connectivity index (χ0n) is 10.8. The van der Waals surface area contributed by atoms with Gasteiger partial charge in [0, 0.05) is 6.07 Å². The Bertz CT molecular complexity index is 660. The van der Waals surface area contributed by atoms with E-state index in [0.29, 0.717) is 6.07 Å². The van der Waals surface area contributed by atoms with Gasteiger partial charge in [-0.05, 0) is 19.1 Å². The molecule has 0 bridgehead atoms. The standard InChI is InChI=1S/C12H10FN3O5/c1-6-11(18)14-10(17)5-15(6)12(19)8-4-7(13)2-3-9(8)16(20)21/h2-4,6H,5H2,1H3,(H,14,17,18). The molecule has 21 heavy (non-hydrogen) atoms. The van der Waals surface area contributed by atoms with E-state index in [1.54, 1.807) is 0 Å². The van der Waals surface area contributed by atoms with Gasteiger partial charge in [-0.3, -0.25) is 29.8 Å². The average molecular weight is 295 g/mol. The molecule has 1 aliphatic rings. The lowest BCUT2D eigenvalue weighted by atomic mass is 10.1. The van der Waals surface area contributed by atoms with Crippen LogP contribution in [-0.4, -0.2) is 40.1 Å². The number of piperazine rings is 1. The second kappa shape index (κ2) is 5.27. The molecule has 0 saturated carbocycles. The second-order valence-electron chi connectivity index (χ2n) is 4.44. The molecule has 1 N–H and O–H groups in total. The summed E-state index contributed by atoms with van der Waals surface area (Å²) in [6.45, 7) is 0.935. The smallest absolute Gasteiger partial charge is 0.282 e. The molecule has 0 radical (unpaired) electrons. The van der Waals surface area contributed by atoms with Gasteiger partial charge >= 0.3 is 0 Å². The van der Waals surface area contributed by atoms with Crippen LogP contribution in [0.5, 0.6) is 0 Å². The van der Waals surface area contributed by atoms with E-state index >= 15 is 0 Å². The predicted octanol–water partition coefficient (Wildman–Crippen LogP) is 0.221. The van der Waals surface area contributed by atoms with Gasteiger partial charge in [-0.15, -0.1) is 0 Å². The molecular formula is C12H10FN3O5. The summed E-state index contributed by atoms with van der Waals surface area (Å²) in [5, 5.41) is 12.9. The zero-order valence-corrected chi connectivity index (χ0v) is 10.8. The summed E-state index contributed by atoms with van der Waals surface area (Å²) in [6, 6.07) is 1.44. The summed E-state index contributed by atoms with van der Waals surface area (Å²) in [6.07, 6.45) is 0. The van der Waals surface area contributed by atoms with Crippen molar-refractivity contribution in [1.29, 1.82) is 0 Å². The van der Waals surface area contributed by atoms with Gasteiger partial charge in [-0.25, -0.2) is 4.39 Å². The highest BCUT2D eigenvalue weighted by Crippen LogP contribution is 2.22. The van der Waals surface area contributed by atoms with Gasteiger partial charge in [0.2, 0.25) is 11.8 Å². The number of hydrogen-bond acceptors (Lipinski definition) is 5. The van der Waals surface area contributed by atoms with Gasteiger partial charge in [-0.1, -0.05) is 0 Å². The number of hydrogen-bond donors (Lipinski definition) is 1. The predicted molar refractivity (Wildman–Crippen MR) is 66.7 cm³/mol. The van der Waals surface area contributed by atoms with Crippen molar-refractivity contribution < 1.29 is 23.7 Å². The number of imide groups is 1. The summed E-state index contributed by atoms with van der Waals surface area (Å²) in [4.78, 5) is 46.1. The van der Waals surface area contributed by atoms with Crippen LogP contribution in [0, 0.1) is 15.9 Å². The summed E-state index contributed by atoms with van der Waals surface area (Å²) in [5.41, 5.74) is -1.10. The highest BCUT2D eigenvalue weighted by molar-refractivity contribution is 6.08. The molecule has 1 aromatic carbocycles. The third kappa shape index (κ3) is 2.71. The van der Waals surface area contributed by atoms with E-state index in [2.05, 4.69) is 0 Å². The van der Waals surface area contributed by atoms with Crippen molar-refractivity contribution in [2.24, 2.45) is 0 Å². The number of amides is 3. The summed E-state index contributed by atoms with van der Waals surface area (Å²) in [5.74, 6) is -3.18. The molecule has 0 spiro atoms. The van der Waals surface area contributed by atoms with Crippen molar-refractivity contribution >= 4 is 23.4 Å². The molecule has 1 aliphatic heterocycles. The molecule has 1 saturated heterocycles. The Morgan fingerprint density at radius 3 is 2.76 bits per heavy atom. The zero-order chi connectivity index (χ0) is 15.7. The van der Waals surface area contributed by atoms with Crippen LogP contribution < -0.4 is 5.32 Å². The molecule has 0 aliphatic carbocycles. The number of halogens is 1. The lowest BCUT2D eigenvalue weighted by molar-refractivity contribution is -0.385. The first-order valence-electron chi connectivity index (χ1n) is 5.90. The maximum Gasteiger partial charge on any atom is 0.282 e. The van der Waals surface area contributed by atoms with E-state index in [4.69, 9.17) is 0 Å². The van der Waals surface area contributed by atoms with Gasteiger partial charge in [-0.2, -0.15) is 0 Å². The number of carbonyl (C=O) groups is 3. The van der Waals surface area contributed by atoms with Gasteiger partial charge in [0.25, 0.3) is 11.6 Å². The molecule has 0 aromatic heterocycles. The van der Waals surface area contributed by atoms with E-state index in [1.165, 1.54) is 6.92 Å². The molecule has 1 unspecified atom stereocenters. The minimum Gasteiger partial charge on any atom is -0.317 e. The Labute approximate surface area is 117 Å². The van der Waals surface area contributed by atoms with Crippen molar-refractivity contribution in [3.63, 3.8) is 0 Å². The van der Waals surface area contributed by atoms with Crippen LogP contribution in [0.2, 0.25) is 0 Å². The molecule has 1 fully saturated rings. The first kappa shape index (κ1) is 14.6. The van der Waals surface area contributed by atoms with Crippen LogP contribution in [0.3, 0.4) is 0 Å². The molecule has 9 heteroatoms. The van der Waals surface area contributed by atoms with Crippen LogP contribution in [0.4, 0.5) is 10.1 Å². The lowest BCUT2D eigenvalue weighted by Crippen LogP contribution is -2.58. The van der Waals surface area contributed by atoms with E-state index in [1.807, 2.05) is 5.32 Å². The van der Waals surface area contributed by atoms with Crippen LogP contribution in [0.1, 0.15) is 17.3 Å². The minimum atomic E-state index is -0.988. The van der Waals surface area contributed by atoms with Gasteiger partial charge in [0.05, 0.1) is 4.92 Å². The van der Waals surface area contributed by atoms with Crippen molar-refractivity contribution in [2.45, 2.75) is 13.0 Å². The number of nitrogens with zero attached hydrogens (tertiary/aromatic N) is 2. The van der Waals surface area contributed by atoms with Crippen molar-refractivity contribution in [3.8, 4) is 0 Å². The summed E-state index contributed by atoms with van der Waals surface area (Å²) in [7, 11) is 0. The average Bonchev–Trinajstić information content (AvgIpc) is 2.41. The fourth-order valence-corrected chi connectivity index (χ4v) is 1.96. The Morgan fingerprint density at radius 2 is 2.14 bits per heavy atom. The largest absolute Gasteiger partial charge is 0.317 e. The monoisotopic (exact) mass is 295 g/mol. The minimum absolute atomic E-state index is 0.431. The van der Waals surface area contributed by atoms with Crippen molar-refractivity contribution in [3.05, 3.63) is 39.7 Å². The lowest BCUT2D eigenvalue weighted by Gasteiger charge is -2.31. The molecule has 8 nitrogen and oxygen atoms in total. The fourth-order valence-electron chi connectivity index (χ4n) is 1.96. The third-order valence-electron chi connectivity index (χ3n) is 3.07. The third-order valence-corrected chi connectivity index (χ3v) is 3.07. The first-order chi connectivity index (χ1) is 9.81. The molecule has 110 valence electrons. The number of nitro benzene ring substituents is 1.